The zero-order valence-electron chi connectivity index (χ0n) is 36.4. The van der Waals surface area contributed by atoms with Gasteiger partial charge in [0.1, 0.15) is 23.6 Å². The molecule has 5 aromatic rings. The van der Waals surface area contributed by atoms with Crippen LogP contribution in [0.1, 0.15) is 75.2 Å². The minimum Gasteiger partial charge on any atom is -0.507 e. The minimum atomic E-state index is -0.877. The number of rotatable bonds is 15. The first-order valence-electron chi connectivity index (χ1n) is 21.8. The molecule has 1 atom stereocenters. The highest BCUT2D eigenvalue weighted by atomic mass is 35.5. The van der Waals surface area contributed by atoms with Crippen molar-refractivity contribution >= 4 is 40.9 Å². The van der Waals surface area contributed by atoms with E-state index in [2.05, 4.69) is 40.5 Å². The van der Waals surface area contributed by atoms with Crippen LogP contribution < -0.4 is 15.4 Å². The van der Waals surface area contributed by atoms with Gasteiger partial charge in [0.05, 0.1) is 42.1 Å². The van der Waals surface area contributed by atoms with Crippen LogP contribution >= 0.6 is 11.6 Å². The molecule has 8 rings (SSSR count). The second-order valence-electron chi connectivity index (χ2n) is 16.7. The van der Waals surface area contributed by atoms with Gasteiger partial charge < -0.3 is 30.1 Å². The van der Waals surface area contributed by atoms with Gasteiger partial charge in [-0.25, -0.2) is 0 Å². The highest BCUT2D eigenvalue weighted by molar-refractivity contribution is 6.31. The maximum Gasteiger partial charge on any atom is 0.264 e. The lowest BCUT2D eigenvalue weighted by Crippen LogP contribution is -2.51. The van der Waals surface area contributed by atoms with Gasteiger partial charge in [-0.15, -0.1) is 0 Å². The Bertz CT molecular complexity index is 2620. The number of aromatic hydroxyl groups is 1. The van der Waals surface area contributed by atoms with E-state index in [0.717, 1.165) is 74.7 Å². The number of anilines is 1. The molecule has 3 N–H and O–H groups in total. The van der Waals surface area contributed by atoms with Crippen LogP contribution in [0.4, 0.5) is 5.69 Å². The number of likely N-dealkylation sites (tertiary alicyclic amines) is 1. The molecule has 13 nitrogen and oxygen atoms in total. The lowest BCUT2D eigenvalue weighted by atomic mass is 9.90. The number of hydrogen-bond donors (Lipinski definition) is 3. The fraction of sp³-hybridized carbons (Fsp3) is 0.340. The molecule has 332 valence electrons. The van der Waals surface area contributed by atoms with E-state index >= 15 is 0 Å². The van der Waals surface area contributed by atoms with Crippen molar-refractivity contribution in [1.82, 2.24) is 24.9 Å². The number of imide groups is 1. The van der Waals surface area contributed by atoms with E-state index in [0.29, 0.717) is 55.3 Å². The maximum atomic E-state index is 13.4. The summed E-state index contributed by atoms with van der Waals surface area (Å²) >= 11 is 6.39. The molecule has 0 radical (unpaired) electrons. The zero-order valence-corrected chi connectivity index (χ0v) is 37.2. The summed E-state index contributed by atoms with van der Waals surface area (Å²) in [5, 5.41) is 22.7. The third kappa shape index (κ3) is 9.41. The largest absolute Gasteiger partial charge is 0.507 e. The van der Waals surface area contributed by atoms with E-state index < -0.39 is 23.8 Å². The molecule has 2 saturated heterocycles. The summed E-state index contributed by atoms with van der Waals surface area (Å²) in [4.78, 5) is 55.1. The van der Waals surface area contributed by atoms with Crippen LogP contribution in [0.25, 0.3) is 22.4 Å². The van der Waals surface area contributed by atoms with Gasteiger partial charge in [0.2, 0.25) is 11.8 Å². The third-order valence-electron chi connectivity index (χ3n) is 12.3. The summed E-state index contributed by atoms with van der Waals surface area (Å²) < 4.78 is 13.9. The predicted molar refractivity (Wildman–Crippen MR) is 245 cm³/mol. The van der Waals surface area contributed by atoms with Crippen LogP contribution in [0.5, 0.6) is 11.5 Å². The van der Waals surface area contributed by atoms with Crippen molar-refractivity contribution in [2.45, 2.75) is 70.9 Å². The molecular weight excluding hydrogens is 832 g/mol. The molecule has 4 aromatic carbocycles. The van der Waals surface area contributed by atoms with Crippen LogP contribution in [-0.4, -0.2) is 93.3 Å². The summed E-state index contributed by atoms with van der Waals surface area (Å²) in [5.41, 5.74) is 8.85. The normalized spacial score (nSPS) is 16.6. The molecule has 64 heavy (non-hydrogen) atoms. The number of phenolic OH excluding ortho intramolecular Hbond substituents is 1. The Morgan fingerprint density at radius 1 is 0.922 bits per heavy atom. The fourth-order valence-corrected chi connectivity index (χ4v) is 9.00. The number of aryl methyl sites for hydroxylation is 5. The van der Waals surface area contributed by atoms with Crippen molar-refractivity contribution in [1.29, 1.82) is 0 Å². The Kier molecular flexibility index (Phi) is 13.2. The van der Waals surface area contributed by atoms with E-state index in [-0.39, 0.29) is 48.5 Å². The van der Waals surface area contributed by atoms with E-state index in [4.69, 9.17) is 21.1 Å². The number of halogens is 1. The minimum absolute atomic E-state index is 0.000769. The van der Waals surface area contributed by atoms with Gasteiger partial charge in [0.25, 0.3) is 11.8 Å². The zero-order chi connectivity index (χ0) is 45.1. The van der Waals surface area contributed by atoms with E-state index in [1.807, 2.05) is 68.3 Å². The summed E-state index contributed by atoms with van der Waals surface area (Å²) in [6, 6.07) is 24.2. The number of benzene rings is 4. The molecule has 3 aliphatic rings. The number of carbonyl (C=O) groups excluding carboxylic acids is 4. The van der Waals surface area contributed by atoms with Crippen molar-refractivity contribution in [2.75, 3.05) is 38.2 Å². The summed E-state index contributed by atoms with van der Waals surface area (Å²) in [7, 11) is 1.88. The number of nitrogens with one attached hydrogen (secondary N) is 2. The van der Waals surface area contributed by atoms with Crippen LogP contribution in [0.15, 0.2) is 91.1 Å². The number of allylic oxidation sites excluding steroid dienone is 1. The van der Waals surface area contributed by atoms with E-state index in [1.165, 1.54) is 0 Å². The van der Waals surface area contributed by atoms with Gasteiger partial charge in [0.15, 0.2) is 0 Å². The third-order valence-corrected chi connectivity index (χ3v) is 12.7. The van der Waals surface area contributed by atoms with Crippen LogP contribution in [0.3, 0.4) is 0 Å². The highest BCUT2D eigenvalue weighted by Crippen LogP contribution is 2.42. The highest BCUT2D eigenvalue weighted by Gasteiger charge is 2.45. The molecular formula is C50H53ClN6O7. The number of phenols is 1. The Labute approximate surface area is 378 Å². The fourth-order valence-electron chi connectivity index (χ4n) is 8.88. The quantitative estimate of drug-likeness (QED) is 0.0706. The number of aromatic nitrogens is 2. The van der Waals surface area contributed by atoms with Crippen molar-refractivity contribution in [3.05, 3.63) is 130 Å². The van der Waals surface area contributed by atoms with Crippen LogP contribution in [0.2, 0.25) is 5.02 Å². The number of fused-ring (bicyclic) bond motifs is 1. The monoisotopic (exact) mass is 884 g/mol. The average molecular weight is 885 g/mol. The second kappa shape index (κ2) is 19.1. The molecule has 2 fully saturated rings. The summed E-state index contributed by atoms with van der Waals surface area (Å²) in [6.07, 6.45) is 4.01. The number of nitrogens with zero attached hydrogens (tertiary/aromatic N) is 4. The first-order chi connectivity index (χ1) is 30.9. The van der Waals surface area contributed by atoms with Gasteiger partial charge in [-0.05, 0) is 110 Å². The number of amides is 4. The Balaban J connectivity index is 0.773. The molecule has 1 unspecified atom stereocenters. The second-order valence-corrected chi connectivity index (χ2v) is 17.1. The smallest absolute Gasteiger partial charge is 0.264 e. The van der Waals surface area contributed by atoms with Crippen molar-refractivity contribution in [3.8, 4) is 33.9 Å². The van der Waals surface area contributed by atoms with Gasteiger partial charge in [-0.3, -0.25) is 28.8 Å². The first-order valence-corrected chi connectivity index (χ1v) is 22.2. The van der Waals surface area contributed by atoms with Crippen LogP contribution in [0, 0.1) is 13.8 Å². The van der Waals surface area contributed by atoms with E-state index in [9.17, 15) is 24.3 Å². The Morgan fingerprint density at radius 2 is 1.70 bits per heavy atom. The van der Waals surface area contributed by atoms with Crippen molar-refractivity contribution in [3.63, 3.8) is 0 Å². The Morgan fingerprint density at radius 3 is 2.42 bits per heavy atom. The standard InChI is InChI=1S/C50H53ClN6O7/c1-30-28-35(14-18-40(30)51)45-34(13-17-38(47(45)59)43-29-32(3)54-55(43)4)12-9-33-10-15-36(16-11-33)64-37-20-24-56(25-21-37)44(58)22-26-63-27-23-52-41-7-5-6-39-46(41)50(62)57(49(39)61)42-19-8-31(2)53-48(42)60/h5-7,10-11,13-18,28-29,37,42,52,59H,2,8-9,12,19-27H2,1,3-4H3,(H,53,60). The van der Waals surface area contributed by atoms with Gasteiger partial charge in [0, 0.05) is 67.1 Å². The average Bonchev–Trinajstić information content (AvgIpc) is 3.75. The molecule has 0 aliphatic carbocycles. The number of piperidine rings is 2. The molecule has 0 spiro atoms. The molecule has 14 heteroatoms. The number of hydrogen-bond acceptors (Lipinski definition) is 9. The SMILES string of the molecule is C=C1CCC(N2C(=O)c3cccc(NCCOCCC(=O)N4CCC(Oc5ccc(CCc6ccc(-c7cc(C)nn7C)c(O)c6-c6ccc(Cl)c(C)c6)cc5)CC4)c3C2=O)C(=O)N1. The predicted octanol–water partition coefficient (Wildman–Crippen LogP) is 7.79. The van der Waals surface area contributed by atoms with Crippen molar-refractivity contribution < 1.29 is 33.8 Å². The Hall–Kier alpha value is -6.44. The molecule has 3 aliphatic heterocycles. The number of ether oxygens (including phenoxy) is 2. The lowest BCUT2D eigenvalue weighted by molar-refractivity contribution is -0.134. The first kappa shape index (κ1) is 44.2. The summed E-state index contributed by atoms with van der Waals surface area (Å²) in [6.45, 7) is 9.78. The molecule has 4 heterocycles. The lowest BCUT2D eigenvalue weighted by Gasteiger charge is -2.32. The summed E-state index contributed by atoms with van der Waals surface area (Å²) in [5.74, 6) is -0.354. The maximum absolute atomic E-state index is 13.4. The van der Waals surface area contributed by atoms with Gasteiger partial charge in [-0.2, -0.15) is 5.10 Å². The van der Waals surface area contributed by atoms with E-state index in [1.54, 1.807) is 22.9 Å². The molecule has 0 bridgehead atoms. The molecule has 4 amide bonds. The van der Waals surface area contributed by atoms with Crippen LogP contribution in [-0.2, 0) is 34.2 Å². The van der Waals surface area contributed by atoms with Gasteiger partial charge >= 0.3 is 0 Å². The number of carbonyl (C=O) groups is 4. The van der Waals surface area contributed by atoms with Crippen molar-refractivity contribution in [2.24, 2.45) is 7.05 Å². The van der Waals surface area contributed by atoms with Gasteiger partial charge in [-0.1, -0.05) is 48.5 Å². The molecule has 0 saturated carbocycles. The topological polar surface area (TPSA) is 155 Å². The molecule has 1 aromatic heterocycles.